The van der Waals surface area contributed by atoms with E-state index in [0.29, 0.717) is 6.41 Å². The van der Waals surface area contributed by atoms with E-state index < -0.39 is 17.4 Å². The van der Waals surface area contributed by atoms with E-state index in [0.717, 1.165) is 0 Å². The zero-order chi connectivity index (χ0) is 26.2. The zero-order valence-electron chi connectivity index (χ0n) is 22.8. The maximum absolute atomic E-state index is 12.2. The normalized spacial score (nSPS) is 13.5. The molecule has 7 nitrogen and oxygen atoms in total. The predicted molar refractivity (Wildman–Crippen MR) is 137 cm³/mol. The topological polar surface area (TPSA) is 98.7 Å². The molecule has 32 heavy (non-hydrogen) atoms. The molecule has 1 fully saturated rings. The SMILES string of the molecule is C/C(=C\CN(C)C(=O)C(NC=O)C(C)(C)C)C(=O)O.C1CCNCC1.CC.CC.CCC. The fraction of sp³-hybridized carbons (Fsp3) is 0.800. The molecule has 1 aliphatic heterocycles. The van der Waals surface area contributed by atoms with Crippen LogP contribution in [-0.2, 0) is 14.4 Å². The van der Waals surface area contributed by atoms with Gasteiger partial charge in [-0.05, 0) is 38.3 Å². The minimum atomic E-state index is -1.01. The van der Waals surface area contributed by atoms with Crippen molar-refractivity contribution in [2.75, 3.05) is 26.7 Å². The lowest BCUT2D eigenvalue weighted by Crippen LogP contribution is -2.51. The first-order valence-corrected chi connectivity index (χ1v) is 12.1. The highest BCUT2D eigenvalue weighted by Crippen LogP contribution is 2.20. The Morgan fingerprint density at radius 1 is 1.06 bits per heavy atom. The Bertz CT molecular complexity index is 471. The summed E-state index contributed by atoms with van der Waals surface area (Å²) in [5, 5.41) is 14.5. The van der Waals surface area contributed by atoms with Crippen LogP contribution in [0.2, 0.25) is 0 Å². The molecule has 0 spiro atoms. The number of rotatable bonds is 6. The Labute approximate surface area is 198 Å². The first-order valence-electron chi connectivity index (χ1n) is 12.1. The van der Waals surface area contributed by atoms with Crippen LogP contribution in [0, 0.1) is 5.41 Å². The summed E-state index contributed by atoms with van der Waals surface area (Å²) in [5.41, 5.74) is -0.243. The highest BCUT2D eigenvalue weighted by atomic mass is 16.4. The van der Waals surface area contributed by atoms with Crippen molar-refractivity contribution in [2.45, 2.75) is 101 Å². The fourth-order valence-electron chi connectivity index (χ4n) is 2.23. The molecule has 0 aromatic heterocycles. The van der Waals surface area contributed by atoms with Gasteiger partial charge < -0.3 is 20.6 Å². The van der Waals surface area contributed by atoms with Gasteiger partial charge in [-0.25, -0.2) is 4.79 Å². The first kappa shape index (κ1) is 37.4. The van der Waals surface area contributed by atoms with Gasteiger partial charge in [0.25, 0.3) is 0 Å². The standard InChI is InChI=1S/C13H22N2O4.C5H11N.C3H8.2C2H6/c1-9(12(18)19)6-7-15(5)11(17)10(14-8-16)13(2,3)4;1-2-4-6-5-3-1;1-3-2;2*1-2/h6,8,10H,7H2,1-5H3,(H,14,16)(H,18,19);6H,1-5H2;3H2,1-2H3;2*1-2H3/b9-6+;;;;. The molecule has 7 heteroatoms. The number of carboxylic acids is 1. The van der Waals surface area contributed by atoms with E-state index in [2.05, 4.69) is 24.5 Å². The minimum Gasteiger partial charge on any atom is -0.478 e. The lowest BCUT2D eigenvalue weighted by molar-refractivity contribution is -0.136. The monoisotopic (exact) mass is 459 g/mol. The van der Waals surface area contributed by atoms with Gasteiger partial charge in [0.1, 0.15) is 6.04 Å². The molecule has 3 N–H and O–H groups in total. The van der Waals surface area contributed by atoms with Crippen molar-refractivity contribution in [3.05, 3.63) is 11.6 Å². The summed E-state index contributed by atoms with van der Waals surface area (Å²) in [6, 6.07) is -0.645. The number of carbonyl (C=O) groups is 3. The van der Waals surface area contributed by atoms with Crippen LogP contribution in [0.3, 0.4) is 0 Å². The minimum absolute atomic E-state index is 0.176. The van der Waals surface area contributed by atoms with E-state index in [9.17, 15) is 14.4 Å². The molecular weight excluding hydrogens is 406 g/mol. The van der Waals surface area contributed by atoms with E-state index in [-0.39, 0.29) is 18.0 Å². The van der Waals surface area contributed by atoms with Gasteiger partial charge in [-0.1, -0.05) is 81.2 Å². The molecule has 2 amide bonds. The second-order valence-electron chi connectivity index (χ2n) is 8.01. The third-order valence-electron chi connectivity index (χ3n) is 3.94. The number of nitrogens with zero attached hydrogens (tertiary/aromatic N) is 1. The summed E-state index contributed by atoms with van der Waals surface area (Å²) in [4.78, 5) is 34.8. The van der Waals surface area contributed by atoms with Gasteiger partial charge in [0.05, 0.1) is 0 Å². The zero-order valence-corrected chi connectivity index (χ0v) is 22.8. The molecular formula is C25H53N3O4. The number of amides is 2. The van der Waals surface area contributed by atoms with Gasteiger partial charge in [-0.15, -0.1) is 0 Å². The number of aliphatic carboxylic acids is 1. The van der Waals surface area contributed by atoms with Crippen molar-refractivity contribution in [2.24, 2.45) is 5.41 Å². The van der Waals surface area contributed by atoms with Gasteiger partial charge in [-0.3, -0.25) is 9.59 Å². The summed E-state index contributed by atoms with van der Waals surface area (Å²) in [6.07, 6.45) is 7.42. The van der Waals surface area contributed by atoms with Crippen LogP contribution in [0.4, 0.5) is 0 Å². The molecule has 0 aromatic carbocycles. The number of hydrogen-bond donors (Lipinski definition) is 3. The third kappa shape index (κ3) is 22.8. The summed E-state index contributed by atoms with van der Waals surface area (Å²) < 4.78 is 0. The fourth-order valence-corrected chi connectivity index (χ4v) is 2.23. The predicted octanol–water partition coefficient (Wildman–Crippen LogP) is 4.87. The average molecular weight is 460 g/mol. The molecule has 1 aliphatic rings. The number of carbonyl (C=O) groups excluding carboxylic acids is 2. The maximum atomic E-state index is 12.2. The molecule has 0 radical (unpaired) electrons. The molecule has 1 atom stereocenters. The Kier molecular flexibility index (Phi) is 29.7. The number of likely N-dealkylation sites (N-methyl/N-ethyl adjacent to an activating group) is 1. The third-order valence-corrected chi connectivity index (χ3v) is 3.94. The van der Waals surface area contributed by atoms with E-state index in [1.54, 1.807) is 7.05 Å². The van der Waals surface area contributed by atoms with Crippen molar-refractivity contribution < 1.29 is 19.5 Å². The van der Waals surface area contributed by atoms with Crippen molar-refractivity contribution >= 4 is 18.3 Å². The number of carboxylic acid groups (broad SMARTS) is 1. The van der Waals surface area contributed by atoms with Gasteiger partial charge in [0.2, 0.25) is 12.3 Å². The van der Waals surface area contributed by atoms with Crippen molar-refractivity contribution in [1.82, 2.24) is 15.5 Å². The average Bonchev–Trinajstić information content (AvgIpc) is 2.79. The molecule has 0 saturated carbocycles. The van der Waals surface area contributed by atoms with Crippen molar-refractivity contribution in [1.29, 1.82) is 0 Å². The van der Waals surface area contributed by atoms with Crippen molar-refractivity contribution in [3.63, 3.8) is 0 Å². The molecule has 0 aromatic rings. The van der Waals surface area contributed by atoms with Crippen molar-refractivity contribution in [3.8, 4) is 0 Å². The van der Waals surface area contributed by atoms with Crippen LogP contribution in [0.5, 0.6) is 0 Å². The van der Waals surface area contributed by atoms with Crippen LogP contribution < -0.4 is 10.6 Å². The summed E-state index contributed by atoms with van der Waals surface area (Å²) in [6.45, 7) is 21.9. The van der Waals surface area contributed by atoms with E-state index in [1.807, 2.05) is 48.5 Å². The second kappa shape index (κ2) is 25.4. The molecule has 0 aliphatic carbocycles. The molecule has 0 bridgehead atoms. The van der Waals surface area contributed by atoms with Gasteiger partial charge in [0, 0.05) is 19.2 Å². The van der Waals surface area contributed by atoms with E-state index in [4.69, 9.17) is 5.11 Å². The molecule has 1 heterocycles. The van der Waals surface area contributed by atoms with E-state index in [1.165, 1.54) is 56.7 Å². The molecule has 192 valence electrons. The van der Waals surface area contributed by atoms with Crippen LogP contribution >= 0.6 is 0 Å². The maximum Gasteiger partial charge on any atom is 0.331 e. The highest BCUT2D eigenvalue weighted by molar-refractivity contribution is 5.86. The largest absolute Gasteiger partial charge is 0.478 e. The summed E-state index contributed by atoms with van der Waals surface area (Å²) in [7, 11) is 1.57. The smallest absolute Gasteiger partial charge is 0.331 e. The first-order chi connectivity index (χ1) is 15.0. The van der Waals surface area contributed by atoms with Crippen LogP contribution in [0.1, 0.15) is 94.9 Å². The summed E-state index contributed by atoms with van der Waals surface area (Å²) in [5.74, 6) is -1.27. The second-order valence-corrected chi connectivity index (χ2v) is 8.01. The quantitative estimate of drug-likeness (QED) is 0.389. The molecule has 1 unspecified atom stereocenters. The number of hydrogen-bond acceptors (Lipinski definition) is 4. The molecule has 1 saturated heterocycles. The van der Waals surface area contributed by atoms with Crippen LogP contribution in [0.25, 0.3) is 0 Å². The number of nitrogens with one attached hydrogen (secondary N) is 2. The van der Waals surface area contributed by atoms with Crippen LogP contribution in [0.15, 0.2) is 11.6 Å². The van der Waals surface area contributed by atoms with Gasteiger partial charge >= 0.3 is 5.97 Å². The molecule has 1 rings (SSSR count). The van der Waals surface area contributed by atoms with E-state index >= 15 is 0 Å². The van der Waals surface area contributed by atoms with Gasteiger partial charge in [0.15, 0.2) is 0 Å². The number of piperidine rings is 1. The lowest BCUT2D eigenvalue weighted by Gasteiger charge is -2.32. The Morgan fingerprint density at radius 2 is 1.50 bits per heavy atom. The lowest BCUT2D eigenvalue weighted by atomic mass is 9.86. The van der Waals surface area contributed by atoms with Gasteiger partial charge in [-0.2, -0.15) is 0 Å². The van der Waals surface area contributed by atoms with Crippen LogP contribution in [-0.4, -0.2) is 61.0 Å². The summed E-state index contributed by atoms with van der Waals surface area (Å²) >= 11 is 0. The Balaban J connectivity index is -0.000000245. The Hall–Kier alpha value is -1.89. The highest BCUT2D eigenvalue weighted by Gasteiger charge is 2.32. The Morgan fingerprint density at radius 3 is 1.75 bits per heavy atom.